The summed E-state index contributed by atoms with van der Waals surface area (Å²) in [5.41, 5.74) is 4.51. The van der Waals surface area contributed by atoms with Gasteiger partial charge in [0.05, 0.1) is 10.7 Å². The molecule has 0 radical (unpaired) electrons. The van der Waals surface area contributed by atoms with Crippen LogP contribution in [-0.4, -0.2) is 25.0 Å². The summed E-state index contributed by atoms with van der Waals surface area (Å²) < 4.78 is 0. The van der Waals surface area contributed by atoms with Gasteiger partial charge in [-0.2, -0.15) is 0 Å². The highest BCUT2D eigenvalue weighted by molar-refractivity contribution is 6.33. The normalized spacial score (nSPS) is 20.1. The van der Waals surface area contributed by atoms with Gasteiger partial charge in [0.2, 0.25) is 0 Å². The van der Waals surface area contributed by atoms with E-state index in [-0.39, 0.29) is 6.17 Å². The lowest BCUT2D eigenvalue weighted by Crippen LogP contribution is -2.34. The molecule has 2 aromatic rings. The Balaban J connectivity index is 1.40. The Morgan fingerprint density at radius 1 is 1.03 bits per heavy atom. The molecule has 5 heteroatoms. The van der Waals surface area contributed by atoms with Crippen molar-refractivity contribution in [3.8, 4) is 0 Å². The van der Waals surface area contributed by atoms with Gasteiger partial charge in [0.15, 0.2) is 0 Å². The average molecular weight is 428 g/mol. The van der Waals surface area contributed by atoms with Crippen molar-refractivity contribution < 1.29 is 0 Å². The van der Waals surface area contributed by atoms with Crippen LogP contribution in [0.2, 0.25) is 10.0 Å². The molecule has 2 aliphatic heterocycles. The Morgan fingerprint density at radius 2 is 1.79 bits per heavy atom. The van der Waals surface area contributed by atoms with Gasteiger partial charge in [-0.25, -0.2) is 0 Å². The second-order valence-electron chi connectivity index (χ2n) is 7.99. The first-order valence-electron chi connectivity index (χ1n) is 10.3. The van der Waals surface area contributed by atoms with Gasteiger partial charge in [-0.1, -0.05) is 41.4 Å². The second kappa shape index (κ2) is 8.81. The number of benzene rings is 2. The van der Waals surface area contributed by atoms with Crippen molar-refractivity contribution in [3.05, 3.63) is 70.3 Å². The molecule has 0 aromatic heterocycles. The first-order valence-corrected chi connectivity index (χ1v) is 11.1. The molecule has 1 atom stereocenters. The van der Waals surface area contributed by atoms with Crippen molar-refractivity contribution in [2.75, 3.05) is 22.9 Å². The minimum atomic E-state index is 0.0856. The largest absolute Gasteiger partial charge is 0.370 e. The summed E-state index contributed by atoms with van der Waals surface area (Å²) in [6, 6.07) is 14.6. The average Bonchev–Trinajstić information content (AvgIpc) is 2.70. The van der Waals surface area contributed by atoms with E-state index < -0.39 is 0 Å². The lowest BCUT2D eigenvalue weighted by molar-refractivity contribution is 0.404. The minimum Gasteiger partial charge on any atom is -0.370 e. The predicted molar refractivity (Wildman–Crippen MR) is 126 cm³/mol. The van der Waals surface area contributed by atoms with Crippen LogP contribution in [0.4, 0.5) is 11.4 Å². The Hall–Kier alpha value is -1.97. The summed E-state index contributed by atoms with van der Waals surface area (Å²) in [4.78, 5) is 9.19. The fraction of sp³-hybridized carbons (Fsp3) is 0.375. The van der Waals surface area contributed by atoms with E-state index in [9.17, 15) is 0 Å². The molecule has 29 heavy (non-hydrogen) atoms. The van der Waals surface area contributed by atoms with Crippen molar-refractivity contribution in [1.29, 1.82) is 0 Å². The number of aliphatic imine (C=N–C) groups is 1. The number of rotatable bonds is 4. The van der Waals surface area contributed by atoms with Crippen molar-refractivity contribution in [2.24, 2.45) is 10.9 Å². The molecule has 0 spiro atoms. The van der Waals surface area contributed by atoms with E-state index in [4.69, 9.17) is 23.2 Å². The van der Waals surface area contributed by atoms with E-state index >= 15 is 0 Å². The lowest BCUT2D eigenvalue weighted by Gasteiger charge is -2.35. The molecule has 2 heterocycles. The van der Waals surface area contributed by atoms with Crippen LogP contribution >= 0.6 is 23.2 Å². The summed E-state index contributed by atoms with van der Waals surface area (Å²) in [6.45, 7) is 6.17. The SMILES string of the molecule is CC1=NC(C)N(c2ccc(N3CCC(Cc4ccccc4Cl)CC3)c(Cl)c2)C=C1. The molecule has 0 bridgehead atoms. The fourth-order valence-electron chi connectivity index (χ4n) is 4.28. The van der Waals surface area contributed by atoms with Crippen molar-refractivity contribution in [3.63, 3.8) is 0 Å². The molecule has 3 nitrogen and oxygen atoms in total. The highest BCUT2D eigenvalue weighted by atomic mass is 35.5. The Morgan fingerprint density at radius 3 is 2.48 bits per heavy atom. The van der Waals surface area contributed by atoms with E-state index in [1.54, 1.807) is 0 Å². The standard InChI is InChI=1S/C24H27Cl2N3/c1-17-9-14-29(18(2)27-17)21-7-8-24(23(26)16-21)28-12-10-19(11-13-28)15-20-5-3-4-6-22(20)25/h3-9,14,16,18-19H,10-13,15H2,1-2H3. The Bertz CT molecular complexity index is 929. The molecule has 2 aliphatic rings. The third-order valence-corrected chi connectivity index (χ3v) is 6.59. The fourth-order valence-corrected chi connectivity index (χ4v) is 4.79. The summed E-state index contributed by atoms with van der Waals surface area (Å²) in [6.07, 6.45) is 7.57. The zero-order valence-corrected chi connectivity index (χ0v) is 18.5. The molecule has 2 aromatic carbocycles. The summed E-state index contributed by atoms with van der Waals surface area (Å²) in [7, 11) is 0. The van der Waals surface area contributed by atoms with Crippen LogP contribution in [0.15, 0.2) is 59.7 Å². The summed E-state index contributed by atoms with van der Waals surface area (Å²) in [5.74, 6) is 0.671. The molecule has 1 unspecified atom stereocenters. The zero-order valence-electron chi connectivity index (χ0n) is 17.0. The van der Waals surface area contributed by atoms with Crippen LogP contribution in [0, 0.1) is 5.92 Å². The predicted octanol–water partition coefficient (Wildman–Crippen LogP) is 6.59. The van der Waals surface area contributed by atoms with Crippen LogP contribution < -0.4 is 9.80 Å². The van der Waals surface area contributed by atoms with Gasteiger partial charge in [-0.15, -0.1) is 0 Å². The van der Waals surface area contributed by atoms with Crippen LogP contribution in [0.5, 0.6) is 0 Å². The molecule has 152 valence electrons. The maximum absolute atomic E-state index is 6.70. The van der Waals surface area contributed by atoms with Gasteiger partial charge in [0, 0.05) is 35.7 Å². The number of hydrogen-bond donors (Lipinski definition) is 0. The van der Waals surface area contributed by atoms with Crippen molar-refractivity contribution in [1.82, 2.24) is 0 Å². The van der Waals surface area contributed by atoms with E-state index in [0.29, 0.717) is 5.92 Å². The van der Waals surface area contributed by atoms with Gasteiger partial charge < -0.3 is 9.80 Å². The first kappa shape index (κ1) is 20.3. The Labute approximate surface area is 183 Å². The number of hydrogen-bond acceptors (Lipinski definition) is 3. The van der Waals surface area contributed by atoms with Crippen LogP contribution in [-0.2, 0) is 6.42 Å². The highest BCUT2D eigenvalue weighted by Gasteiger charge is 2.23. The smallest absolute Gasteiger partial charge is 0.122 e. The van der Waals surface area contributed by atoms with Gasteiger partial charge >= 0.3 is 0 Å². The molecule has 0 aliphatic carbocycles. The molecular formula is C24H27Cl2N3. The third-order valence-electron chi connectivity index (χ3n) is 5.92. The molecular weight excluding hydrogens is 401 g/mol. The number of piperidine rings is 1. The molecule has 0 saturated carbocycles. The molecule has 0 N–H and O–H groups in total. The molecule has 1 fully saturated rings. The van der Waals surface area contributed by atoms with E-state index in [2.05, 4.69) is 58.2 Å². The van der Waals surface area contributed by atoms with Gasteiger partial charge in [-0.3, -0.25) is 4.99 Å². The first-order chi connectivity index (χ1) is 14.0. The Kier molecular flexibility index (Phi) is 6.17. The minimum absolute atomic E-state index is 0.0856. The molecule has 4 rings (SSSR count). The van der Waals surface area contributed by atoms with E-state index in [1.165, 1.54) is 5.56 Å². The maximum Gasteiger partial charge on any atom is 0.122 e. The van der Waals surface area contributed by atoms with Crippen molar-refractivity contribution >= 4 is 40.3 Å². The quantitative estimate of drug-likeness (QED) is 0.547. The topological polar surface area (TPSA) is 18.8 Å². The van der Waals surface area contributed by atoms with E-state index in [1.807, 2.05) is 25.1 Å². The van der Waals surface area contributed by atoms with Gasteiger partial charge in [0.25, 0.3) is 0 Å². The molecule has 1 saturated heterocycles. The van der Waals surface area contributed by atoms with Crippen molar-refractivity contribution in [2.45, 2.75) is 39.3 Å². The van der Waals surface area contributed by atoms with Crippen LogP contribution in [0.1, 0.15) is 32.3 Å². The number of anilines is 2. The third kappa shape index (κ3) is 4.62. The summed E-state index contributed by atoms with van der Waals surface area (Å²) >= 11 is 13.0. The maximum atomic E-state index is 6.70. The number of allylic oxidation sites excluding steroid dienone is 1. The zero-order chi connectivity index (χ0) is 20.4. The lowest BCUT2D eigenvalue weighted by atomic mass is 9.90. The monoisotopic (exact) mass is 427 g/mol. The van der Waals surface area contributed by atoms with E-state index in [0.717, 1.165) is 59.5 Å². The summed E-state index contributed by atoms with van der Waals surface area (Å²) in [5, 5.41) is 1.69. The second-order valence-corrected chi connectivity index (χ2v) is 8.80. The van der Waals surface area contributed by atoms with Gasteiger partial charge in [-0.05, 0) is 74.9 Å². The number of halogens is 2. The number of nitrogens with zero attached hydrogens (tertiary/aromatic N) is 3. The van der Waals surface area contributed by atoms with Crippen LogP contribution in [0.3, 0.4) is 0 Å². The van der Waals surface area contributed by atoms with Gasteiger partial charge in [0.1, 0.15) is 6.17 Å². The van der Waals surface area contributed by atoms with Crippen LogP contribution in [0.25, 0.3) is 0 Å². The molecule has 0 amide bonds. The highest BCUT2D eigenvalue weighted by Crippen LogP contribution is 2.35.